The lowest BCUT2D eigenvalue weighted by molar-refractivity contribution is 0.332. The number of para-hydroxylation sites is 2. The predicted octanol–water partition coefficient (Wildman–Crippen LogP) is 17.1. The Balaban J connectivity index is 1.18. The molecule has 0 fully saturated rings. The summed E-state index contributed by atoms with van der Waals surface area (Å²) in [6, 6.07) is 64.2. The average Bonchev–Trinajstić information content (AvgIpc) is 3.88. The minimum atomic E-state index is 0.0479. The van der Waals surface area contributed by atoms with Crippen molar-refractivity contribution < 1.29 is 0 Å². The SMILES string of the molecule is Cc1ccc2c(c1)[B]c1c(-c3cc4sc5cc6c(cc5c4cc3Nc3ccc(C(C)(C)C)cc3)C(C)(C)CCC6(C)C)cc(N(c3ccccc3)c3ccccc3)c3c4cc5ccccc5cc4n-2c13. The largest absolute Gasteiger partial charge is 0.355 e. The number of nitrogens with one attached hydrogen (secondary N) is 1. The van der Waals surface area contributed by atoms with Crippen LogP contribution in [0, 0.1) is 6.92 Å². The third-order valence-electron chi connectivity index (χ3n) is 15.8. The van der Waals surface area contributed by atoms with E-state index in [4.69, 9.17) is 0 Å². The van der Waals surface area contributed by atoms with Crippen molar-refractivity contribution >= 4 is 111 Å². The van der Waals surface area contributed by atoms with Crippen molar-refractivity contribution in [3.05, 3.63) is 192 Å². The van der Waals surface area contributed by atoms with Gasteiger partial charge in [-0.1, -0.05) is 144 Å². The highest BCUT2D eigenvalue weighted by Crippen LogP contribution is 2.52. The van der Waals surface area contributed by atoms with E-state index in [1.54, 1.807) is 0 Å². The molecule has 2 aromatic heterocycles. The first-order chi connectivity index (χ1) is 33.7. The van der Waals surface area contributed by atoms with Crippen molar-refractivity contribution in [1.29, 1.82) is 0 Å². The van der Waals surface area contributed by atoms with Crippen LogP contribution < -0.4 is 21.1 Å². The molecule has 0 unspecified atom stereocenters. The molecule has 3 nitrogen and oxygen atoms in total. The van der Waals surface area contributed by atoms with E-state index in [0.29, 0.717) is 0 Å². The van der Waals surface area contributed by atoms with Gasteiger partial charge in [0.1, 0.15) is 0 Å². The quantitative estimate of drug-likeness (QED) is 0.168. The molecule has 1 aliphatic carbocycles. The van der Waals surface area contributed by atoms with Crippen LogP contribution in [0.25, 0.3) is 69.6 Å². The fourth-order valence-electron chi connectivity index (χ4n) is 11.8. The average molecular weight is 923 g/mol. The maximum absolute atomic E-state index is 4.08. The molecule has 1 radical (unpaired) electrons. The standard InChI is InChI=1S/C65H57BN3S/c1-39-23-28-55-53(31-39)66-61-49(36-57(68(44-19-11-9-12-20-44)45-21-13-10-14-22-45)60-50-32-40-17-15-16-18-41(40)33-56(50)69(55)62(60)61)46-37-58-48(35-54(46)67-43-26-24-42(25-27-43)63(2,3)4)47-34-51-52(38-59(47)70-58)65(7,8)30-29-64(51,5)6/h9-28,31-38,67H,29-30H2,1-8H3. The van der Waals surface area contributed by atoms with E-state index in [1.807, 2.05) is 11.3 Å². The van der Waals surface area contributed by atoms with Crippen molar-refractivity contribution in [3.63, 3.8) is 0 Å². The Morgan fingerprint density at radius 2 is 1.21 bits per heavy atom. The zero-order valence-corrected chi connectivity index (χ0v) is 42.3. The summed E-state index contributed by atoms with van der Waals surface area (Å²) in [7, 11) is 2.48. The Morgan fingerprint density at radius 1 is 0.600 bits per heavy atom. The van der Waals surface area contributed by atoms with E-state index in [2.05, 4.69) is 247 Å². The van der Waals surface area contributed by atoms with Gasteiger partial charge in [-0.3, -0.25) is 0 Å². The first-order valence-electron chi connectivity index (χ1n) is 25.0. The predicted molar refractivity (Wildman–Crippen MR) is 305 cm³/mol. The lowest BCUT2D eigenvalue weighted by Gasteiger charge is -2.41. The van der Waals surface area contributed by atoms with Gasteiger partial charge in [-0.05, 0) is 159 Å². The summed E-state index contributed by atoms with van der Waals surface area (Å²) in [5, 5.41) is 11.7. The molecule has 0 bridgehead atoms. The molecule has 0 amide bonds. The molecule has 3 heterocycles. The molecule has 0 spiro atoms. The Hall–Kier alpha value is -7.08. The highest BCUT2D eigenvalue weighted by Gasteiger charge is 2.38. The second-order valence-corrected chi connectivity index (χ2v) is 23.5. The molecule has 13 rings (SSSR count). The first kappa shape index (κ1) is 43.0. The lowest BCUT2D eigenvalue weighted by Crippen LogP contribution is -2.37. The van der Waals surface area contributed by atoms with Crippen LogP contribution in [0.3, 0.4) is 0 Å². The summed E-state index contributed by atoms with van der Waals surface area (Å²) in [6.07, 6.45) is 2.38. The highest BCUT2D eigenvalue weighted by molar-refractivity contribution is 7.25. The number of benzene rings is 9. The summed E-state index contributed by atoms with van der Waals surface area (Å²) in [4.78, 5) is 2.48. The maximum atomic E-state index is 4.08. The Bertz CT molecular complexity index is 3890. The van der Waals surface area contributed by atoms with Crippen LogP contribution in [0.4, 0.5) is 28.4 Å². The van der Waals surface area contributed by atoms with Gasteiger partial charge >= 0.3 is 0 Å². The van der Waals surface area contributed by atoms with Gasteiger partial charge in [0.2, 0.25) is 0 Å². The second-order valence-electron chi connectivity index (χ2n) is 22.5. The van der Waals surface area contributed by atoms with Crippen LogP contribution in [0.5, 0.6) is 0 Å². The van der Waals surface area contributed by atoms with Gasteiger partial charge in [0.25, 0.3) is 0 Å². The maximum Gasteiger partial charge on any atom is 0.197 e. The number of anilines is 5. The summed E-state index contributed by atoms with van der Waals surface area (Å²) in [5.74, 6) is 0. The molecule has 0 saturated heterocycles. The molecule has 9 aromatic carbocycles. The topological polar surface area (TPSA) is 20.2 Å². The number of aryl methyl sites for hydroxylation is 1. The summed E-state index contributed by atoms with van der Waals surface area (Å²) >= 11 is 1.94. The fraction of sp³-hybridized carbons (Fsp3) is 0.200. The van der Waals surface area contributed by atoms with Crippen molar-refractivity contribution in [3.8, 4) is 16.8 Å². The van der Waals surface area contributed by atoms with Crippen LogP contribution in [0.1, 0.15) is 83.6 Å². The fourth-order valence-corrected chi connectivity index (χ4v) is 13.0. The normalized spacial score (nSPS) is 14.8. The zero-order chi connectivity index (χ0) is 47.8. The summed E-state index contributed by atoms with van der Waals surface area (Å²) in [5.41, 5.74) is 19.8. The molecular weight excluding hydrogens is 866 g/mol. The Labute approximate surface area is 416 Å². The molecule has 2 aliphatic rings. The summed E-state index contributed by atoms with van der Waals surface area (Å²) in [6.45, 7) is 18.8. The van der Waals surface area contributed by atoms with Gasteiger partial charge in [0, 0.05) is 64.9 Å². The molecule has 70 heavy (non-hydrogen) atoms. The number of nitrogens with zero attached hydrogens (tertiary/aromatic N) is 2. The minimum absolute atomic E-state index is 0.0479. The molecule has 11 aromatic rings. The van der Waals surface area contributed by atoms with E-state index in [1.165, 1.54) is 116 Å². The van der Waals surface area contributed by atoms with E-state index in [0.717, 1.165) is 28.4 Å². The monoisotopic (exact) mass is 922 g/mol. The van der Waals surface area contributed by atoms with Crippen molar-refractivity contribution in [2.45, 2.75) is 84.5 Å². The summed E-state index contributed by atoms with van der Waals surface area (Å²) < 4.78 is 5.23. The van der Waals surface area contributed by atoms with Crippen LogP contribution in [0.15, 0.2) is 170 Å². The van der Waals surface area contributed by atoms with E-state index >= 15 is 0 Å². The molecule has 1 N–H and O–H groups in total. The van der Waals surface area contributed by atoms with Gasteiger partial charge < -0.3 is 14.8 Å². The first-order valence-corrected chi connectivity index (χ1v) is 25.9. The Morgan fingerprint density at radius 3 is 1.89 bits per heavy atom. The number of hydrogen-bond acceptors (Lipinski definition) is 3. The van der Waals surface area contributed by atoms with Crippen molar-refractivity contribution in [2.75, 3.05) is 10.2 Å². The second kappa shape index (κ2) is 15.5. The Kier molecular flexibility index (Phi) is 9.49. The van der Waals surface area contributed by atoms with Gasteiger partial charge in [-0.2, -0.15) is 0 Å². The van der Waals surface area contributed by atoms with Crippen molar-refractivity contribution in [2.24, 2.45) is 0 Å². The molecule has 341 valence electrons. The van der Waals surface area contributed by atoms with Gasteiger partial charge in [0.05, 0.1) is 16.7 Å². The molecule has 1 aliphatic heterocycles. The van der Waals surface area contributed by atoms with Gasteiger partial charge in [0.15, 0.2) is 7.28 Å². The number of thiophene rings is 1. The van der Waals surface area contributed by atoms with E-state index in [9.17, 15) is 0 Å². The number of aromatic nitrogens is 1. The van der Waals surface area contributed by atoms with Gasteiger partial charge in [-0.25, -0.2) is 0 Å². The third kappa shape index (κ3) is 6.76. The number of fused-ring (bicyclic) bond motifs is 10. The molecule has 0 atom stereocenters. The van der Waals surface area contributed by atoms with E-state index in [-0.39, 0.29) is 16.2 Å². The smallest absolute Gasteiger partial charge is 0.197 e. The van der Waals surface area contributed by atoms with Crippen LogP contribution in [0.2, 0.25) is 0 Å². The van der Waals surface area contributed by atoms with E-state index < -0.39 is 0 Å². The molecule has 5 heteroatoms. The minimum Gasteiger partial charge on any atom is -0.355 e. The molecular formula is C65H57BN3S. The lowest BCUT2D eigenvalue weighted by atomic mass is 9.58. The van der Waals surface area contributed by atoms with Crippen molar-refractivity contribution in [1.82, 2.24) is 4.57 Å². The van der Waals surface area contributed by atoms with Crippen LogP contribution in [-0.4, -0.2) is 11.8 Å². The number of hydrogen-bond donors (Lipinski definition) is 1. The van der Waals surface area contributed by atoms with Gasteiger partial charge in [-0.15, -0.1) is 11.3 Å². The molecule has 0 saturated carbocycles. The highest BCUT2D eigenvalue weighted by atomic mass is 32.1. The van der Waals surface area contributed by atoms with Crippen LogP contribution >= 0.6 is 11.3 Å². The number of rotatable bonds is 6. The third-order valence-corrected chi connectivity index (χ3v) is 16.9. The van der Waals surface area contributed by atoms with Crippen LogP contribution in [-0.2, 0) is 16.2 Å². The zero-order valence-electron chi connectivity index (χ0n) is 41.5.